The number of carbonyl (C=O) groups excluding carboxylic acids is 1. The van der Waals surface area contributed by atoms with Crippen LogP contribution in [0.5, 0.6) is 5.75 Å². The van der Waals surface area contributed by atoms with Crippen LogP contribution in [0.1, 0.15) is 68.8 Å². The highest BCUT2D eigenvalue weighted by molar-refractivity contribution is 5.50. The Kier molecular flexibility index (Phi) is 11.6. The molecule has 2 N–H and O–H groups in total. The van der Waals surface area contributed by atoms with Gasteiger partial charge in [0, 0.05) is 12.5 Å². The minimum absolute atomic E-state index is 0.136. The van der Waals surface area contributed by atoms with Crippen LogP contribution in [-0.4, -0.2) is 37.1 Å². The molecule has 0 amide bonds. The summed E-state index contributed by atoms with van der Waals surface area (Å²) in [6, 6.07) is 10.6. The van der Waals surface area contributed by atoms with Crippen molar-refractivity contribution in [1.29, 1.82) is 0 Å². The third-order valence-electron chi connectivity index (χ3n) is 4.46. The highest BCUT2D eigenvalue weighted by Crippen LogP contribution is 2.29. The summed E-state index contributed by atoms with van der Waals surface area (Å²) >= 11 is 0. The van der Waals surface area contributed by atoms with Crippen LogP contribution >= 0.6 is 0 Å². The largest absolute Gasteiger partial charge is 0.425 e. The van der Waals surface area contributed by atoms with Crippen molar-refractivity contribution in [3.63, 3.8) is 0 Å². The number of ether oxygens (including phenoxy) is 1. The first-order valence-electron chi connectivity index (χ1n) is 10.3. The number of unbranched alkanes of at least 4 members (excludes halogenated alkanes) is 1. The van der Waals surface area contributed by atoms with E-state index in [0.717, 1.165) is 18.7 Å². The maximum absolute atomic E-state index is 10.8. The number of aryl methyl sites for hydroxylation is 1. The van der Waals surface area contributed by atoms with Crippen LogP contribution in [0, 0.1) is 6.92 Å². The lowest BCUT2D eigenvalue weighted by Crippen LogP contribution is -2.16. The number of benzene rings is 1. The zero-order valence-corrected chi connectivity index (χ0v) is 18.7. The minimum Gasteiger partial charge on any atom is -0.425 e. The lowest BCUT2D eigenvalue weighted by atomic mass is 9.93. The molecule has 6 nitrogen and oxygen atoms in total. The second-order valence-corrected chi connectivity index (χ2v) is 7.35. The molecular weight excluding hydrogens is 364 g/mol. The summed E-state index contributed by atoms with van der Waals surface area (Å²) in [7, 11) is 3.75. The van der Waals surface area contributed by atoms with Crippen molar-refractivity contribution in [1.82, 2.24) is 15.3 Å². The third kappa shape index (κ3) is 8.20. The number of hydrogen-bond acceptors (Lipinski definition) is 6. The average molecular weight is 401 g/mol. The molecule has 1 heterocycles. The topological polar surface area (TPSA) is 76.1 Å². The Bertz CT molecular complexity index is 720. The van der Waals surface area contributed by atoms with Crippen molar-refractivity contribution in [2.24, 2.45) is 0 Å². The predicted octanol–water partition coefficient (Wildman–Crippen LogP) is 4.67. The zero-order valence-electron chi connectivity index (χ0n) is 18.7. The Hall–Kier alpha value is -2.47. The van der Waals surface area contributed by atoms with Crippen LogP contribution in [0.3, 0.4) is 0 Å². The molecule has 0 spiro atoms. The standard InChI is InChI=1S/C21H29N3O2.C2H7N/c1-5-6-10-18(17-11-8-7-9-12-17)13-22-21-23-16(4)20(26-14-25)19(24-21)15(2)3;1-3-2/h7-9,11-12,14-15,18H,5-6,10,13H2,1-4H3,(H,22,23,24);3H,1-2H3. The Morgan fingerprint density at radius 2 is 1.79 bits per heavy atom. The molecule has 0 saturated carbocycles. The highest BCUT2D eigenvalue weighted by atomic mass is 16.5. The van der Waals surface area contributed by atoms with E-state index in [-0.39, 0.29) is 5.92 Å². The van der Waals surface area contributed by atoms with E-state index < -0.39 is 0 Å². The van der Waals surface area contributed by atoms with Crippen molar-refractivity contribution in [3.05, 3.63) is 47.3 Å². The van der Waals surface area contributed by atoms with Gasteiger partial charge in [0.1, 0.15) is 0 Å². The van der Waals surface area contributed by atoms with Gasteiger partial charge in [-0.25, -0.2) is 9.97 Å². The van der Waals surface area contributed by atoms with Gasteiger partial charge in [-0.1, -0.05) is 63.9 Å². The summed E-state index contributed by atoms with van der Waals surface area (Å²) < 4.78 is 5.10. The maximum atomic E-state index is 10.8. The molecule has 0 fully saturated rings. The van der Waals surface area contributed by atoms with E-state index in [1.54, 1.807) is 0 Å². The molecule has 1 aromatic carbocycles. The molecule has 6 heteroatoms. The van der Waals surface area contributed by atoms with Crippen LogP contribution in [0.15, 0.2) is 30.3 Å². The summed E-state index contributed by atoms with van der Waals surface area (Å²) in [5.74, 6) is 1.60. The van der Waals surface area contributed by atoms with Gasteiger partial charge in [0.25, 0.3) is 6.47 Å². The molecule has 1 aromatic heterocycles. The number of aromatic nitrogens is 2. The molecule has 2 aromatic rings. The van der Waals surface area contributed by atoms with E-state index in [0.29, 0.717) is 29.8 Å². The predicted molar refractivity (Wildman–Crippen MR) is 120 cm³/mol. The van der Waals surface area contributed by atoms with Crippen molar-refractivity contribution in [2.75, 3.05) is 26.0 Å². The van der Waals surface area contributed by atoms with Crippen molar-refractivity contribution >= 4 is 12.4 Å². The zero-order chi connectivity index (χ0) is 21.6. The van der Waals surface area contributed by atoms with E-state index in [9.17, 15) is 4.79 Å². The van der Waals surface area contributed by atoms with Gasteiger partial charge >= 0.3 is 0 Å². The lowest BCUT2D eigenvalue weighted by Gasteiger charge is -2.19. The Morgan fingerprint density at radius 3 is 2.34 bits per heavy atom. The second-order valence-electron chi connectivity index (χ2n) is 7.35. The van der Waals surface area contributed by atoms with E-state index in [4.69, 9.17) is 4.74 Å². The number of hydrogen-bond donors (Lipinski definition) is 2. The summed E-state index contributed by atoms with van der Waals surface area (Å²) in [6.07, 6.45) is 3.48. The Labute approximate surface area is 175 Å². The van der Waals surface area contributed by atoms with Crippen LogP contribution in [0.4, 0.5) is 5.95 Å². The van der Waals surface area contributed by atoms with Crippen LogP contribution in [-0.2, 0) is 4.79 Å². The van der Waals surface area contributed by atoms with Crippen molar-refractivity contribution in [3.8, 4) is 5.75 Å². The minimum atomic E-state index is 0.136. The fraction of sp³-hybridized carbons (Fsp3) is 0.522. The summed E-state index contributed by atoms with van der Waals surface area (Å²) in [5, 5.41) is 6.14. The molecule has 0 aliphatic heterocycles. The van der Waals surface area contributed by atoms with Gasteiger partial charge in [-0.15, -0.1) is 0 Å². The van der Waals surface area contributed by atoms with Gasteiger partial charge in [-0.3, -0.25) is 4.79 Å². The molecule has 0 saturated heterocycles. The number of nitrogens with zero attached hydrogens (tertiary/aromatic N) is 2. The number of carbonyl (C=O) groups is 1. The van der Waals surface area contributed by atoms with Crippen molar-refractivity contribution < 1.29 is 9.53 Å². The summed E-state index contributed by atoms with van der Waals surface area (Å²) in [5.41, 5.74) is 2.75. The van der Waals surface area contributed by atoms with Gasteiger partial charge in [-0.2, -0.15) is 0 Å². The first kappa shape index (κ1) is 24.6. The number of anilines is 1. The second kappa shape index (κ2) is 13.7. The Morgan fingerprint density at radius 1 is 1.14 bits per heavy atom. The molecule has 1 unspecified atom stereocenters. The molecule has 0 radical (unpaired) electrons. The summed E-state index contributed by atoms with van der Waals surface area (Å²) in [4.78, 5) is 19.8. The van der Waals surface area contributed by atoms with Crippen molar-refractivity contribution in [2.45, 2.75) is 58.8 Å². The first-order chi connectivity index (χ1) is 14.0. The SMILES string of the molecule is CCCCC(CNc1nc(C)c(OC=O)c(C(C)C)n1)c1ccccc1.CNC. The maximum Gasteiger partial charge on any atom is 0.298 e. The average Bonchev–Trinajstić information content (AvgIpc) is 2.71. The van der Waals surface area contributed by atoms with E-state index >= 15 is 0 Å². The van der Waals surface area contributed by atoms with E-state index in [1.807, 2.05) is 40.9 Å². The quantitative estimate of drug-likeness (QED) is 0.565. The molecule has 0 bridgehead atoms. The lowest BCUT2D eigenvalue weighted by molar-refractivity contribution is -0.120. The number of nitrogens with one attached hydrogen (secondary N) is 2. The normalized spacial score (nSPS) is 11.4. The molecule has 1 atom stereocenters. The molecule has 0 aliphatic rings. The van der Waals surface area contributed by atoms with Gasteiger partial charge in [0.05, 0.1) is 11.4 Å². The molecule has 160 valence electrons. The molecule has 0 aliphatic carbocycles. The van der Waals surface area contributed by atoms with Gasteiger partial charge in [-0.05, 0) is 38.9 Å². The fourth-order valence-corrected chi connectivity index (χ4v) is 3.03. The summed E-state index contributed by atoms with van der Waals surface area (Å²) in [6.45, 7) is 9.30. The molecule has 2 rings (SSSR count). The fourth-order valence-electron chi connectivity index (χ4n) is 3.03. The third-order valence-corrected chi connectivity index (χ3v) is 4.46. The molecule has 29 heavy (non-hydrogen) atoms. The Balaban J connectivity index is 0.00000132. The monoisotopic (exact) mass is 400 g/mol. The number of rotatable bonds is 10. The van der Waals surface area contributed by atoms with Crippen LogP contribution in [0.25, 0.3) is 0 Å². The van der Waals surface area contributed by atoms with Crippen LogP contribution in [0.2, 0.25) is 0 Å². The van der Waals surface area contributed by atoms with Crippen LogP contribution < -0.4 is 15.4 Å². The van der Waals surface area contributed by atoms with Gasteiger partial charge < -0.3 is 15.4 Å². The van der Waals surface area contributed by atoms with Gasteiger partial charge in [0.2, 0.25) is 5.95 Å². The smallest absolute Gasteiger partial charge is 0.298 e. The van der Waals surface area contributed by atoms with Gasteiger partial charge in [0.15, 0.2) is 5.75 Å². The van der Waals surface area contributed by atoms with E-state index in [2.05, 4.69) is 51.8 Å². The first-order valence-corrected chi connectivity index (χ1v) is 10.3. The molecular formula is C23H36N4O2. The highest BCUT2D eigenvalue weighted by Gasteiger charge is 2.17. The van der Waals surface area contributed by atoms with E-state index in [1.165, 1.54) is 18.4 Å².